The number of anilines is 1. The molecular formula is C22H22ClN3O6S. The van der Waals surface area contributed by atoms with Crippen LogP contribution in [-0.2, 0) is 19.6 Å². The predicted octanol–water partition coefficient (Wildman–Crippen LogP) is 1.95. The zero-order valence-corrected chi connectivity index (χ0v) is 19.2. The highest BCUT2D eigenvalue weighted by molar-refractivity contribution is 7.89. The Morgan fingerprint density at radius 3 is 2.52 bits per heavy atom. The Morgan fingerprint density at radius 2 is 1.76 bits per heavy atom. The van der Waals surface area contributed by atoms with Crippen molar-refractivity contribution in [2.45, 2.75) is 11.3 Å². The SMILES string of the molecule is O=C(C1CC(=O)N(c2ccc3c(c2)OCO3)C1)N1CCN(S(=O)(=O)c2cccc(Cl)c2)CC1. The molecule has 2 fully saturated rings. The van der Waals surface area contributed by atoms with Gasteiger partial charge in [-0.05, 0) is 30.3 Å². The summed E-state index contributed by atoms with van der Waals surface area (Å²) in [6.45, 7) is 1.34. The number of hydrogen-bond acceptors (Lipinski definition) is 6. The van der Waals surface area contributed by atoms with Crippen LogP contribution in [0.5, 0.6) is 11.5 Å². The van der Waals surface area contributed by atoms with Crippen LogP contribution in [0.2, 0.25) is 5.02 Å². The molecule has 2 saturated heterocycles. The molecule has 9 nitrogen and oxygen atoms in total. The van der Waals surface area contributed by atoms with Gasteiger partial charge in [-0.2, -0.15) is 4.31 Å². The lowest BCUT2D eigenvalue weighted by Crippen LogP contribution is -2.52. The second-order valence-corrected chi connectivity index (χ2v) is 10.5. The van der Waals surface area contributed by atoms with Crippen LogP contribution < -0.4 is 14.4 Å². The molecular weight excluding hydrogens is 470 g/mol. The molecule has 2 amide bonds. The summed E-state index contributed by atoms with van der Waals surface area (Å²) in [5.74, 6) is 0.468. The maximum absolute atomic E-state index is 13.1. The zero-order valence-electron chi connectivity index (χ0n) is 17.6. The first-order valence-electron chi connectivity index (χ1n) is 10.6. The fraction of sp³-hybridized carbons (Fsp3) is 0.364. The highest BCUT2D eigenvalue weighted by Crippen LogP contribution is 2.37. The first-order valence-corrected chi connectivity index (χ1v) is 12.4. The van der Waals surface area contributed by atoms with E-state index in [0.717, 1.165) is 0 Å². The second-order valence-electron chi connectivity index (χ2n) is 8.13. The molecule has 0 aromatic heterocycles. The molecule has 3 aliphatic heterocycles. The molecule has 0 N–H and O–H groups in total. The molecule has 33 heavy (non-hydrogen) atoms. The number of amides is 2. The van der Waals surface area contributed by atoms with Gasteiger partial charge in [0.05, 0.1) is 10.8 Å². The lowest BCUT2D eigenvalue weighted by Gasteiger charge is -2.35. The van der Waals surface area contributed by atoms with Crippen molar-refractivity contribution in [2.75, 3.05) is 44.4 Å². The summed E-state index contributed by atoms with van der Waals surface area (Å²) in [6, 6.07) is 11.4. The van der Waals surface area contributed by atoms with E-state index in [9.17, 15) is 18.0 Å². The van der Waals surface area contributed by atoms with E-state index < -0.39 is 15.9 Å². The molecule has 0 radical (unpaired) electrons. The van der Waals surface area contributed by atoms with Crippen LogP contribution >= 0.6 is 11.6 Å². The summed E-state index contributed by atoms with van der Waals surface area (Å²) in [7, 11) is -3.68. The molecule has 11 heteroatoms. The maximum Gasteiger partial charge on any atom is 0.243 e. The van der Waals surface area contributed by atoms with Crippen molar-refractivity contribution in [3.63, 3.8) is 0 Å². The molecule has 3 aliphatic rings. The molecule has 1 atom stereocenters. The van der Waals surface area contributed by atoms with Crippen LogP contribution in [0.4, 0.5) is 5.69 Å². The van der Waals surface area contributed by atoms with Gasteiger partial charge in [0.15, 0.2) is 11.5 Å². The monoisotopic (exact) mass is 491 g/mol. The molecule has 0 bridgehead atoms. The number of hydrogen-bond donors (Lipinski definition) is 0. The van der Waals surface area contributed by atoms with Gasteiger partial charge in [0.25, 0.3) is 0 Å². The minimum atomic E-state index is -3.68. The summed E-state index contributed by atoms with van der Waals surface area (Å²) in [6.07, 6.45) is 0.119. The van der Waals surface area contributed by atoms with Gasteiger partial charge in [-0.3, -0.25) is 9.59 Å². The van der Waals surface area contributed by atoms with Crippen molar-refractivity contribution in [2.24, 2.45) is 5.92 Å². The molecule has 0 saturated carbocycles. The van der Waals surface area contributed by atoms with Crippen molar-refractivity contribution in [1.29, 1.82) is 0 Å². The van der Waals surface area contributed by atoms with Crippen molar-refractivity contribution in [3.8, 4) is 11.5 Å². The van der Waals surface area contributed by atoms with E-state index in [1.807, 2.05) is 0 Å². The van der Waals surface area contributed by atoms with Gasteiger partial charge in [-0.15, -0.1) is 0 Å². The summed E-state index contributed by atoms with van der Waals surface area (Å²) in [5.41, 5.74) is 0.664. The molecule has 2 aromatic carbocycles. The van der Waals surface area contributed by atoms with Gasteiger partial charge < -0.3 is 19.3 Å². The Labute approximate surface area is 196 Å². The number of piperazine rings is 1. The highest BCUT2D eigenvalue weighted by atomic mass is 35.5. The van der Waals surface area contributed by atoms with Gasteiger partial charge in [0.1, 0.15) is 0 Å². The van der Waals surface area contributed by atoms with E-state index in [2.05, 4.69) is 0 Å². The molecule has 2 aromatic rings. The Bertz CT molecular complexity index is 1210. The van der Waals surface area contributed by atoms with E-state index >= 15 is 0 Å². The highest BCUT2D eigenvalue weighted by Gasteiger charge is 2.39. The lowest BCUT2D eigenvalue weighted by molar-refractivity contribution is -0.136. The number of sulfonamides is 1. The number of carbonyl (C=O) groups excluding carboxylic acids is 2. The Morgan fingerprint density at radius 1 is 1.00 bits per heavy atom. The van der Waals surface area contributed by atoms with Gasteiger partial charge in [0.2, 0.25) is 28.6 Å². The van der Waals surface area contributed by atoms with E-state index in [1.165, 1.54) is 16.4 Å². The summed E-state index contributed by atoms with van der Waals surface area (Å²) in [4.78, 5) is 29.1. The summed E-state index contributed by atoms with van der Waals surface area (Å²) < 4.78 is 37.8. The molecule has 0 aliphatic carbocycles. The number of carbonyl (C=O) groups is 2. The number of ether oxygens (including phenoxy) is 2. The van der Waals surface area contributed by atoms with Crippen molar-refractivity contribution in [3.05, 3.63) is 47.5 Å². The molecule has 1 unspecified atom stereocenters. The third kappa shape index (κ3) is 4.14. The normalized spacial score (nSPS) is 21.0. The van der Waals surface area contributed by atoms with Crippen LogP contribution in [0.1, 0.15) is 6.42 Å². The molecule has 0 spiro atoms. The summed E-state index contributed by atoms with van der Waals surface area (Å²) in [5, 5.41) is 0.350. The number of benzene rings is 2. The quantitative estimate of drug-likeness (QED) is 0.648. The number of fused-ring (bicyclic) bond motifs is 1. The first-order chi connectivity index (χ1) is 15.8. The van der Waals surface area contributed by atoms with Crippen LogP contribution in [0.3, 0.4) is 0 Å². The molecule has 5 rings (SSSR count). The molecule has 174 valence electrons. The van der Waals surface area contributed by atoms with E-state index in [0.29, 0.717) is 22.2 Å². The Balaban J connectivity index is 1.22. The summed E-state index contributed by atoms with van der Waals surface area (Å²) >= 11 is 5.94. The average Bonchev–Trinajstić information content (AvgIpc) is 3.44. The first kappa shape index (κ1) is 22.0. The largest absolute Gasteiger partial charge is 0.454 e. The van der Waals surface area contributed by atoms with E-state index in [4.69, 9.17) is 21.1 Å². The number of halogens is 1. The van der Waals surface area contributed by atoms with Gasteiger partial charge >= 0.3 is 0 Å². The third-order valence-electron chi connectivity index (χ3n) is 6.13. The number of rotatable bonds is 4. The topological polar surface area (TPSA) is 96.5 Å². The minimum Gasteiger partial charge on any atom is -0.454 e. The van der Waals surface area contributed by atoms with Gasteiger partial charge in [0, 0.05) is 55.9 Å². The second kappa shape index (κ2) is 8.51. The van der Waals surface area contributed by atoms with Gasteiger partial charge in [-0.25, -0.2) is 8.42 Å². The Hall–Kier alpha value is -2.82. The maximum atomic E-state index is 13.1. The third-order valence-corrected chi connectivity index (χ3v) is 8.26. The fourth-order valence-electron chi connectivity index (χ4n) is 4.36. The minimum absolute atomic E-state index is 0.119. The Kier molecular flexibility index (Phi) is 5.67. The predicted molar refractivity (Wildman–Crippen MR) is 120 cm³/mol. The van der Waals surface area contributed by atoms with E-state index in [-0.39, 0.29) is 62.6 Å². The standard InChI is InChI=1S/C22H22ClN3O6S/c23-16-2-1-3-18(11-16)33(29,30)25-8-6-24(7-9-25)22(28)15-10-21(27)26(13-15)17-4-5-19-20(12-17)32-14-31-19/h1-5,11-12,15H,6-10,13-14H2. The molecule has 3 heterocycles. The number of nitrogens with zero attached hydrogens (tertiary/aromatic N) is 3. The van der Waals surface area contributed by atoms with Crippen LogP contribution in [0, 0.1) is 5.92 Å². The van der Waals surface area contributed by atoms with Crippen LogP contribution in [0.15, 0.2) is 47.4 Å². The lowest BCUT2D eigenvalue weighted by atomic mass is 10.1. The van der Waals surface area contributed by atoms with E-state index in [1.54, 1.807) is 40.1 Å². The fourth-order valence-corrected chi connectivity index (χ4v) is 6.08. The van der Waals surface area contributed by atoms with Crippen molar-refractivity contribution < 1.29 is 27.5 Å². The van der Waals surface area contributed by atoms with Crippen molar-refractivity contribution in [1.82, 2.24) is 9.21 Å². The van der Waals surface area contributed by atoms with Gasteiger partial charge in [-0.1, -0.05) is 17.7 Å². The smallest absolute Gasteiger partial charge is 0.243 e. The van der Waals surface area contributed by atoms with Crippen LogP contribution in [0.25, 0.3) is 0 Å². The van der Waals surface area contributed by atoms with Crippen LogP contribution in [-0.4, -0.2) is 69.0 Å². The average molecular weight is 492 g/mol. The zero-order chi connectivity index (χ0) is 23.2. The van der Waals surface area contributed by atoms with Crippen molar-refractivity contribution >= 4 is 39.1 Å².